The van der Waals surface area contributed by atoms with E-state index in [2.05, 4.69) is 53.0 Å². The summed E-state index contributed by atoms with van der Waals surface area (Å²) < 4.78 is 11.2. The molecule has 164 valence electrons. The van der Waals surface area contributed by atoms with Gasteiger partial charge >= 0.3 is 0 Å². The molecule has 4 rings (SSSR count). The molecule has 0 unspecified atom stereocenters. The fourth-order valence-electron chi connectivity index (χ4n) is 3.17. The molecule has 0 aliphatic heterocycles. The normalized spacial score (nSPS) is 11.5. The van der Waals surface area contributed by atoms with Gasteiger partial charge in [-0.15, -0.1) is 0 Å². The van der Waals surface area contributed by atoms with Gasteiger partial charge in [0.15, 0.2) is 12.4 Å². The van der Waals surface area contributed by atoms with Gasteiger partial charge in [-0.25, -0.2) is 4.98 Å². The van der Waals surface area contributed by atoms with Crippen LogP contribution in [0.25, 0.3) is 22.8 Å². The van der Waals surface area contributed by atoms with Crippen molar-refractivity contribution >= 4 is 11.6 Å². The molecule has 2 aromatic heterocycles. The Hall–Kier alpha value is -3.25. The van der Waals surface area contributed by atoms with Crippen LogP contribution < -0.4 is 4.74 Å². The fraction of sp³-hybridized carbons (Fsp3) is 0.280. The zero-order valence-electron chi connectivity index (χ0n) is 18.6. The van der Waals surface area contributed by atoms with Gasteiger partial charge in [0, 0.05) is 27.9 Å². The van der Waals surface area contributed by atoms with Crippen LogP contribution >= 0.6 is 11.6 Å². The summed E-state index contributed by atoms with van der Waals surface area (Å²) in [6.07, 6.45) is 0.752. The molecule has 7 heteroatoms. The maximum Gasteiger partial charge on any atom is 0.264 e. The maximum absolute atomic E-state index is 6.12. The average Bonchev–Trinajstić information content (AvgIpc) is 3.26. The Morgan fingerprint density at radius 3 is 2.38 bits per heavy atom. The first-order valence-electron chi connectivity index (χ1n) is 10.5. The number of rotatable bonds is 6. The number of aryl methyl sites for hydroxylation is 1. The molecule has 0 saturated heterocycles. The van der Waals surface area contributed by atoms with Crippen molar-refractivity contribution < 1.29 is 9.26 Å². The lowest BCUT2D eigenvalue weighted by Crippen LogP contribution is -2.10. The zero-order chi connectivity index (χ0) is 22.7. The van der Waals surface area contributed by atoms with Gasteiger partial charge in [-0.2, -0.15) is 9.97 Å². The van der Waals surface area contributed by atoms with E-state index in [1.165, 1.54) is 5.56 Å². The molecule has 2 aromatic carbocycles. The molecule has 0 spiro atoms. The first kappa shape index (κ1) is 22.0. The van der Waals surface area contributed by atoms with E-state index in [1.54, 1.807) is 0 Å². The van der Waals surface area contributed by atoms with Gasteiger partial charge in [0.25, 0.3) is 5.89 Å². The third kappa shape index (κ3) is 5.14. The van der Waals surface area contributed by atoms with E-state index in [0.29, 0.717) is 28.4 Å². The third-order valence-electron chi connectivity index (χ3n) is 5.02. The smallest absolute Gasteiger partial charge is 0.264 e. The molecule has 4 aromatic rings. The van der Waals surface area contributed by atoms with Crippen LogP contribution in [-0.4, -0.2) is 20.1 Å². The van der Waals surface area contributed by atoms with Crippen molar-refractivity contribution in [2.75, 3.05) is 0 Å². The molecular formula is C25H25ClN4O2. The van der Waals surface area contributed by atoms with E-state index in [9.17, 15) is 0 Å². The minimum Gasteiger partial charge on any atom is -0.467 e. The van der Waals surface area contributed by atoms with Crippen LogP contribution in [0.3, 0.4) is 0 Å². The number of hydrogen-bond donors (Lipinski definition) is 0. The van der Waals surface area contributed by atoms with E-state index in [4.69, 9.17) is 20.9 Å². The summed E-state index contributed by atoms with van der Waals surface area (Å²) in [5, 5.41) is 4.71. The molecule has 0 saturated carbocycles. The Balaban J connectivity index is 1.50. The Bertz CT molecular complexity index is 1210. The van der Waals surface area contributed by atoms with E-state index in [1.807, 2.05) is 49.4 Å². The van der Waals surface area contributed by atoms with Crippen LogP contribution in [0.1, 0.15) is 44.8 Å². The minimum absolute atomic E-state index is 0.0909. The number of halogens is 1. The van der Waals surface area contributed by atoms with E-state index < -0.39 is 0 Å². The number of nitrogens with zero attached hydrogens (tertiary/aromatic N) is 4. The van der Waals surface area contributed by atoms with Gasteiger partial charge in [0.2, 0.25) is 11.7 Å². The first-order valence-corrected chi connectivity index (χ1v) is 10.9. The van der Waals surface area contributed by atoms with Gasteiger partial charge in [-0.05, 0) is 29.5 Å². The van der Waals surface area contributed by atoms with Crippen LogP contribution in [0.5, 0.6) is 5.88 Å². The van der Waals surface area contributed by atoms with Crippen molar-refractivity contribution in [2.24, 2.45) is 0 Å². The summed E-state index contributed by atoms with van der Waals surface area (Å²) in [5.41, 5.74) is 3.94. The topological polar surface area (TPSA) is 73.9 Å². The summed E-state index contributed by atoms with van der Waals surface area (Å²) in [6, 6.07) is 17.4. The summed E-state index contributed by atoms with van der Waals surface area (Å²) >= 11 is 6.12. The Labute approximate surface area is 192 Å². The van der Waals surface area contributed by atoms with Gasteiger partial charge in [0.05, 0.1) is 0 Å². The molecule has 0 atom stereocenters. The number of hydrogen-bond acceptors (Lipinski definition) is 6. The molecule has 0 fully saturated rings. The average molecular weight is 449 g/mol. The largest absolute Gasteiger partial charge is 0.467 e. The molecule has 0 amide bonds. The molecule has 0 radical (unpaired) electrons. The lowest BCUT2D eigenvalue weighted by atomic mass is 9.87. The van der Waals surface area contributed by atoms with Gasteiger partial charge in [-0.3, -0.25) is 0 Å². The van der Waals surface area contributed by atoms with Crippen LogP contribution in [0, 0.1) is 0 Å². The lowest BCUT2D eigenvalue weighted by Gasteiger charge is -2.18. The molecule has 32 heavy (non-hydrogen) atoms. The summed E-state index contributed by atoms with van der Waals surface area (Å²) in [5.74, 6) is 1.91. The van der Waals surface area contributed by atoms with Crippen LogP contribution in [-0.2, 0) is 18.4 Å². The highest BCUT2D eigenvalue weighted by Crippen LogP contribution is 2.26. The summed E-state index contributed by atoms with van der Waals surface area (Å²) in [6.45, 7) is 8.69. The third-order valence-corrected chi connectivity index (χ3v) is 5.26. The molecule has 2 heterocycles. The van der Waals surface area contributed by atoms with Crippen molar-refractivity contribution in [1.82, 2.24) is 20.1 Å². The predicted molar refractivity (Wildman–Crippen MR) is 125 cm³/mol. The number of benzene rings is 2. The van der Waals surface area contributed by atoms with Crippen molar-refractivity contribution in [2.45, 2.75) is 46.1 Å². The standard InChI is InChI=1S/C25H25ClN4O2/c1-5-20-14-21(28-23(27-20)17-7-6-8-19(26)13-17)31-15-22-29-24(30-32-22)16-9-11-18(12-10-16)25(2,3)4/h6-14H,5,15H2,1-4H3. The molecular weight excluding hydrogens is 424 g/mol. The van der Waals surface area contributed by atoms with Crippen molar-refractivity contribution in [3.8, 4) is 28.7 Å². The van der Waals surface area contributed by atoms with Crippen LogP contribution in [0.15, 0.2) is 59.1 Å². The SMILES string of the molecule is CCc1cc(OCc2nc(-c3ccc(C(C)(C)C)cc3)no2)nc(-c2cccc(Cl)c2)n1. The van der Waals surface area contributed by atoms with Gasteiger partial charge in [-0.1, -0.05) is 80.9 Å². The summed E-state index contributed by atoms with van der Waals surface area (Å²) in [4.78, 5) is 13.6. The lowest BCUT2D eigenvalue weighted by molar-refractivity contribution is 0.235. The molecule has 0 aliphatic rings. The van der Waals surface area contributed by atoms with Crippen molar-refractivity contribution in [3.05, 3.63) is 76.8 Å². The second kappa shape index (κ2) is 9.09. The number of ether oxygens (including phenoxy) is 1. The Kier molecular flexibility index (Phi) is 6.24. The second-order valence-corrected chi connectivity index (χ2v) is 8.95. The van der Waals surface area contributed by atoms with Crippen molar-refractivity contribution in [3.63, 3.8) is 0 Å². The molecule has 0 N–H and O–H groups in total. The minimum atomic E-state index is 0.0909. The highest BCUT2D eigenvalue weighted by Gasteiger charge is 2.15. The van der Waals surface area contributed by atoms with Gasteiger partial charge < -0.3 is 9.26 Å². The molecule has 0 aliphatic carbocycles. The second-order valence-electron chi connectivity index (χ2n) is 8.51. The highest BCUT2D eigenvalue weighted by atomic mass is 35.5. The monoisotopic (exact) mass is 448 g/mol. The predicted octanol–water partition coefficient (Wildman–Crippen LogP) is 6.29. The van der Waals surface area contributed by atoms with E-state index >= 15 is 0 Å². The maximum atomic E-state index is 6.12. The zero-order valence-corrected chi connectivity index (χ0v) is 19.3. The summed E-state index contributed by atoms with van der Waals surface area (Å²) in [7, 11) is 0. The Morgan fingerprint density at radius 1 is 0.906 bits per heavy atom. The van der Waals surface area contributed by atoms with E-state index in [0.717, 1.165) is 23.2 Å². The van der Waals surface area contributed by atoms with E-state index in [-0.39, 0.29) is 12.0 Å². The first-order chi connectivity index (χ1) is 15.3. The fourth-order valence-corrected chi connectivity index (χ4v) is 3.36. The van der Waals surface area contributed by atoms with Crippen molar-refractivity contribution in [1.29, 1.82) is 0 Å². The quantitative estimate of drug-likeness (QED) is 0.345. The van der Waals surface area contributed by atoms with Crippen LogP contribution in [0.4, 0.5) is 0 Å². The van der Waals surface area contributed by atoms with Crippen LogP contribution in [0.2, 0.25) is 5.02 Å². The van der Waals surface area contributed by atoms with Gasteiger partial charge in [0.1, 0.15) is 0 Å². The molecule has 0 bridgehead atoms. The Morgan fingerprint density at radius 2 is 1.69 bits per heavy atom. The number of aromatic nitrogens is 4. The molecule has 6 nitrogen and oxygen atoms in total. The highest BCUT2D eigenvalue weighted by molar-refractivity contribution is 6.30.